The molecule has 104 valence electrons. The van der Waals surface area contributed by atoms with Crippen LogP contribution in [0.15, 0.2) is 18.2 Å². The topological polar surface area (TPSA) is 66.4 Å². The van der Waals surface area contributed by atoms with Crippen molar-refractivity contribution in [2.75, 3.05) is 0 Å². The van der Waals surface area contributed by atoms with E-state index in [1.54, 1.807) is 0 Å². The van der Waals surface area contributed by atoms with E-state index in [1.807, 2.05) is 0 Å². The molecule has 0 saturated carbocycles. The van der Waals surface area contributed by atoms with Gasteiger partial charge >= 0.3 is 5.97 Å². The van der Waals surface area contributed by atoms with E-state index in [2.05, 4.69) is 5.32 Å². The van der Waals surface area contributed by atoms with Crippen LogP contribution in [0, 0.1) is 23.5 Å². The number of rotatable bonds is 5. The van der Waals surface area contributed by atoms with Gasteiger partial charge in [0.05, 0.1) is 5.92 Å². The smallest absolute Gasteiger partial charge is 0.307 e. The molecule has 0 aromatic heterocycles. The Labute approximate surface area is 109 Å². The lowest BCUT2D eigenvalue weighted by atomic mass is 9.95. The van der Waals surface area contributed by atoms with Crippen LogP contribution < -0.4 is 5.32 Å². The summed E-state index contributed by atoms with van der Waals surface area (Å²) in [5.41, 5.74) is 0.143. The lowest BCUT2D eigenvalue weighted by Gasteiger charge is -2.15. The van der Waals surface area contributed by atoms with Crippen molar-refractivity contribution < 1.29 is 23.5 Å². The number of hydrogen-bond acceptors (Lipinski definition) is 2. The number of carboxylic acids is 1. The molecule has 1 aromatic carbocycles. The standard InChI is InChI=1S/C13H15F2NO3/c1-7(8(2)13(18)19)12(17)16-6-9-3-4-10(14)5-11(9)15/h3-5,7-8H,6H2,1-2H3,(H,16,17)(H,18,19). The number of hydrogen-bond donors (Lipinski definition) is 2. The second-order valence-electron chi connectivity index (χ2n) is 4.37. The van der Waals surface area contributed by atoms with Gasteiger partial charge in [-0.25, -0.2) is 8.78 Å². The summed E-state index contributed by atoms with van der Waals surface area (Å²) in [7, 11) is 0. The molecule has 6 heteroatoms. The third-order valence-corrected chi connectivity index (χ3v) is 3.02. The first-order chi connectivity index (χ1) is 8.82. The van der Waals surface area contributed by atoms with E-state index in [0.29, 0.717) is 0 Å². The Morgan fingerprint density at radius 3 is 2.42 bits per heavy atom. The first-order valence-electron chi connectivity index (χ1n) is 5.77. The summed E-state index contributed by atoms with van der Waals surface area (Å²) in [6, 6.07) is 3.05. The lowest BCUT2D eigenvalue weighted by molar-refractivity contribution is -0.146. The Bertz CT molecular complexity index is 491. The van der Waals surface area contributed by atoms with Crippen molar-refractivity contribution >= 4 is 11.9 Å². The molecule has 1 rings (SSSR count). The highest BCUT2D eigenvalue weighted by Gasteiger charge is 2.25. The van der Waals surface area contributed by atoms with Crippen LogP contribution in [0.25, 0.3) is 0 Å². The Morgan fingerprint density at radius 1 is 1.26 bits per heavy atom. The summed E-state index contributed by atoms with van der Waals surface area (Å²) in [5.74, 6) is -4.58. The molecule has 0 aliphatic heterocycles. The maximum absolute atomic E-state index is 13.3. The monoisotopic (exact) mass is 271 g/mol. The van der Waals surface area contributed by atoms with E-state index in [9.17, 15) is 18.4 Å². The van der Waals surface area contributed by atoms with Gasteiger partial charge in [0.2, 0.25) is 5.91 Å². The van der Waals surface area contributed by atoms with Gasteiger partial charge in [-0.05, 0) is 6.07 Å². The van der Waals surface area contributed by atoms with Crippen LogP contribution in [0.1, 0.15) is 19.4 Å². The van der Waals surface area contributed by atoms with E-state index >= 15 is 0 Å². The van der Waals surface area contributed by atoms with Crippen molar-refractivity contribution in [2.24, 2.45) is 11.8 Å². The highest BCUT2D eigenvalue weighted by atomic mass is 19.1. The van der Waals surface area contributed by atoms with Crippen molar-refractivity contribution in [3.05, 3.63) is 35.4 Å². The number of carbonyl (C=O) groups is 2. The quantitative estimate of drug-likeness (QED) is 0.860. The molecule has 0 aliphatic carbocycles. The van der Waals surface area contributed by atoms with Crippen LogP contribution in [0.3, 0.4) is 0 Å². The predicted octanol–water partition coefficient (Wildman–Crippen LogP) is 1.94. The Balaban J connectivity index is 2.61. The maximum Gasteiger partial charge on any atom is 0.307 e. The van der Waals surface area contributed by atoms with Crippen LogP contribution in [0.5, 0.6) is 0 Å². The molecule has 0 saturated heterocycles. The largest absolute Gasteiger partial charge is 0.481 e. The number of nitrogens with one attached hydrogen (secondary N) is 1. The van der Waals surface area contributed by atoms with Gasteiger partial charge < -0.3 is 10.4 Å². The molecule has 0 radical (unpaired) electrons. The fraction of sp³-hybridized carbons (Fsp3) is 0.385. The summed E-state index contributed by atoms with van der Waals surface area (Å²) in [5, 5.41) is 11.2. The minimum atomic E-state index is -1.07. The minimum absolute atomic E-state index is 0.109. The number of carbonyl (C=O) groups excluding carboxylic acids is 1. The van der Waals surface area contributed by atoms with Gasteiger partial charge in [-0.2, -0.15) is 0 Å². The minimum Gasteiger partial charge on any atom is -0.481 e. The molecular formula is C13H15F2NO3. The van der Waals surface area contributed by atoms with Crippen molar-refractivity contribution in [1.82, 2.24) is 5.32 Å². The fourth-order valence-electron chi connectivity index (χ4n) is 1.45. The third-order valence-electron chi connectivity index (χ3n) is 3.02. The van der Waals surface area contributed by atoms with E-state index in [0.717, 1.165) is 12.1 Å². The molecule has 1 aromatic rings. The number of benzene rings is 1. The number of halogens is 2. The zero-order valence-corrected chi connectivity index (χ0v) is 10.6. The van der Waals surface area contributed by atoms with Crippen LogP contribution in [-0.4, -0.2) is 17.0 Å². The number of carboxylic acid groups (broad SMARTS) is 1. The average Bonchev–Trinajstić information content (AvgIpc) is 2.35. The summed E-state index contributed by atoms with van der Waals surface area (Å²) in [6.07, 6.45) is 0. The van der Waals surface area contributed by atoms with E-state index < -0.39 is 35.3 Å². The molecule has 1 amide bonds. The first-order valence-corrected chi connectivity index (χ1v) is 5.77. The molecule has 2 unspecified atom stereocenters. The first kappa shape index (κ1) is 15.1. The van der Waals surface area contributed by atoms with Crippen molar-refractivity contribution in [3.63, 3.8) is 0 Å². The summed E-state index contributed by atoms with van der Waals surface area (Å²) in [6.45, 7) is 2.79. The van der Waals surface area contributed by atoms with E-state index in [-0.39, 0.29) is 12.1 Å². The molecule has 0 spiro atoms. The van der Waals surface area contributed by atoms with Crippen LogP contribution >= 0.6 is 0 Å². The molecule has 0 heterocycles. The molecule has 0 aliphatic rings. The molecule has 0 bridgehead atoms. The second-order valence-corrected chi connectivity index (χ2v) is 4.37. The SMILES string of the molecule is CC(C(=O)O)C(C)C(=O)NCc1ccc(F)cc1F. The Hall–Kier alpha value is -1.98. The maximum atomic E-state index is 13.3. The van der Waals surface area contributed by atoms with Crippen molar-refractivity contribution in [1.29, 1.82) is 0 Å². The van der Waals surface area contributed by atoms with E-state index in [1.165, 1.54) is 19.9 Å². The van der Waals surface area contributed by atoms with Gasteiger partial charge in [-0.1, -0.05) is 19.9 Å². The highest BCUT2D eigenvalue weighted by molar-refractivity contribution is 5.84. The Morgan fingerprint density at radius 2 is 1.89 bits per heavy atom. The number of aliphatic carboxylic acids is 1. The molecule has 0 fully saturated rings. The van der Waals surface area contributed by atoms with Crippen LogP contribution in [0.4, 0.5) is 8.78 Å². The fourth-order valence-corrected chi connectivity index (χ4v) is 1.45. The van der Waals surface area contributed by atoms with Crippen LogP contribution in [0.2, 0.25) is 0 Å². The van der Waals surface area contributed by atoms with Crippen molar-refractivity contribution in [2.45, 2.75) is 20.4 Å². The second kappa shape index (κ2) is 6.26. The third kappa shape index (κ3) is 4.01. The molecule has 19 heavy (non-hydrogen) atoms. The summed E-state index contributed by atoms with van der Waals surface area (Å²) in [4.78, 5) is 22.4. The zero-order valence-electron chi connectivity index (χ0n) is 10.6. The molecule has 4 nitrogen and oxygen atoms in total. The average molecular weight is 271 g/mol. The summed E-state index contributed by atoms with van der Waals surface area (Å²) >= 11 is 0. The summed E-state index contributed by atoms with van der Waals surface area (Å²) < 4.78 is 26.0. The predicted molar refractivity (Wildman–Crippen MR) is 64.2 cm³/mol. The lowest BCUT2D eigenvalue weighted by Crippen LogP contribution is -2.35. The van der Waals surface area contributed by atoms with Gasteiger partial charge in [-0.15, -0.1) is 0 Å². The van der Waals surface area contributed by atoms with Gasteiger partial charge in [-0.3, -0.25) is 9.59 Å². The normalized spacial score (nSPS) is 13.7. The zero-order chi connectivity index (χ0) is 14.6. The van der Waals surface area contributed by atoms with Gasteiger partial charge in [0.1, 0.15) is 11.6 Å². The van der Waals surface area contributed by atoms with Gasteiger partial charge in [0.25, 0.3) is 0 Å². The molecular weight excluding hydrogens is 256 g/mol. The molecule has 2 N–H and O–H groups in total. The van der Waals surface area contributed by atoms with Crippen LogP contribution in [-0.2, 0) is 16.1 Å². The Kier molecular flexibility index (Phi) is 4.97. The number of amides is 1. The van der Waals surface area contributed by atoms with Crippen molar-refractivity contribution in [3.8, 4) is 0 Å². The van der Waals surface area contributed by atoms with E-state index in [4.69, 9.17) is 5.11 Å². The van der Waals surface area contributed by atoms with Gasteiger partial charge in [0, 0.05) is 24.1 Å². The highest BCUT2D eigenvalue weighted by Crippen LogP contribution is 2.13. The van der Waals surface area contributed by atoms with Gasteiger partial charge in [0.15, 0.2) is 0 Å². The molecule has 2 atom stereocenters.